The molecule has 0 aromatic heterocycles. The van der Waals surface area contributed by atoms with E-state index in [1.807, 2.05) is 31.2 Å². The summed E-state index contributed by atoms with van der Waals surface area (Å²) in [5.74, 6) is 0. The lowest BCUT2D eigenvalue weighted by Crippen LogP contribution is -2.32. The molecule has 0 spiro atoms. The van der Waals surface area contributed by atoms with Gasteiger partial charge in [0, 0.05) is 0 Å². The van der Waals surface area contributed by atoms with Crippen LogP contribution in [0.3, 0.4) is 0 Å². The molecule has 1 amide bonds. The smallest absolute Gasteiger partial charge is 0.438 e. The summed E-state index contributed by atoms with van der Waals surface area (Å²) in [4.78, 5) is 12.0. The monoisotopic (exact) mass is 357 g/mol. The summed E-state index contributed by atoms with van der Waals surface area (Å²) in [6.45, 7) is 12.4. The number of hydrogen-bond acceptors (Lipinski definition) is 5. The molecule has 1 N–H and O–H groups in total. The number of nitrogens with one attached hydrogen (secondary N) is 1. The van der Waals surface area contributed by atoms with Crippen LogP contribution >= 0.6 is 7.75 Å². The highest BCUT2D eigenvalue weighted by Gasteiger charge is 2.37. The number of carbonyl (C=O) groups excluding carboxylic acids is 1. The number of benzene rings is 1. The summed E-state index contributed by atoms with van der Waals surface area (Å²) >= 11 is 0. The van der Waals surface area contributed by atoms with Crippen molar-refractivity contribution in [1.82, 2.24) is 5.09 Å². The van der Waals surface area contributed by atoms with E-state index in [9.17, 15) is 9.36 Å². The van der Waals surface area contributed by atoms with Crippen LogP contribution in [-0.2, 0) is 25.0 Å². The van der Waals surface area contributed by atoms with Crippen LogP contribution < -0.4 is 5.09 Å². The first-order valence-electron chi connectivity index (χ1n) is 7.80. The first-order chi connectivity index (χ1) is 10.8. The van der Waals surface area contributed by atoms with Crippen LogP contribution in [0.1, 0.15) is 52.7 Å². The Labute approximate surface area is 144 Å². The van der Waals surface area contributed by atoms with Gasteiger partial charge in [0.25, 0.3) is 0 Å². The van der Waals surface area contributed by atoms with Gasteiger partial charge in [0.05, 0.1) is 11.2 Å². The maximum atomic E-state index is 12.9. The van der Waals surface area contributed by atoms with Crippen LogP contribution in [0.4, 0.5) is 4.79 Å². The molecule has 1 rings (SSSR count). The molecule has 0 saturated carbocycles. The fraction of sp³-hybridized carbons (Fsp3) is 0.588. The molecule has 0 atom stereocenters. The van der Waals surface area contributed by atoms with Gasteiger partial charge in [-0.2, -0.15) is 0 Å². The largest absolute Gasteiger partial charge is 0.444 e. The van der Waals surface area contributed by atoms with E-state index in [1.165, 1.54) is 0 Å². The number of aryl methyl sites for hydroxylation is 1. The number of hydrogen-bond donors (Lipinski definition) is 1. The van der Waals surface area contributed by atoms with Crippen molar-refractivity contribution in [3.05, 3.63) is 35.4 Å². The zero-order valence-corrected chi connectivity index (χ0v) is 16.4. The Hall–Kier alpha value is -1.36. The van der Waals surface area contributed by atoms with Gasteiger partial charge in [-0.3, -0.25) is 9.05 Å². The van der Waals surface area contributed by atoms with E-state index in [0.29, 0.717) is 0 Å². The van der Waals surface area contributed by atoms with Crippen LogP contribution in [0.5, 0.6) is 0 Å². The van der Waals surface area contributed by atoms with Crippen LogP contribution in [0, 0.1) is 6.92 Å². The van der Waals surface area contributed by atoms with Crippen LogP contribution in [0.2, 0.25) is 0 Å². The van der Waals surface area contributed by atoms with Crippen LogP contribution in [0.15, 0.2) is 24.3 Å². The summed E-state index contributed by atoms with van der Waals surface area (Å²) in [5, 5.41) is 2.24. The van der Waals surface area contributed by atoms with Crippen molar-refractivity contribution < 1.29 is 23.1 Å². The number of carbonyl (C=O) groups is 1. The average molecular weight is 357 g/mol. The van der Waals surface area contributed by atoms with Gasteiger partial charge in [-0.25, -0.2) is 14.4 Å². The summed E-state index contributed by atoms with van der Waals surface area (Å²) in [7, 11) is -3.87. The Morgan fingerprint density at radius 1 is 1.00 bits per heavy atom. The molecule has 6 nitrogen and oxygen atoms in total. The minimum atomic E-state index is -3.87. The zero-order chi connectivity index (χ0) is 18.6. The topological polar surface area (TPSA) is 73.9 Å². The molecule has 1 aromatic carbocycles. The van der Waals surface area contributed by atoms with Crippen LogP contribution in [0.25, 0.3) is 0 Å². The van der Waals surface area contributed by atoms with E-state index < -0.39 is 25.0 Å². The second kappa shape index (κ2) is 7.68. The van der Waals surface area contributed by atoms with Crippen molar-refractivity contribution in [3.63, 3.8) is 0 Å². The lowest BCUT2D eigenvalue weighted by molar-refractivity contribution is 0.0432. The molecule has 0 fully saturated rings. The fourth-order valence-corrected chi connectivity index (χ4v) is 3.62. The molecule has 0 bridgehead atoms. The fourth-order valence-electron chi connectivity index (χ4n) is 1.76. The van der Waals surface area contributed by atoms with Crippen LogP contribution in [-0.4, -0.2) is 17.3 Å². The first-order valence-corrected chi connectivity index (χ1v) is 9.34. The maximum Gasteiger partial charge on any atom is 0.438 e. The quantitative estimate of drug-likeness (QED) is 0.754. The van der Waals surface area contributed by atoms with Crippen molar-refractivity contribution in [2.75, 3.05) is 0 Å². The minimum absolute atomic E-state index is 0.0666. The maximum absolute atomic E-state index is 12.9. The third-order valence-electron chi connectivity index (χ3n) is 2.51. The number of amides is 1. The summed E-state index contributed by atoms with van der Waals surface area (Å²) in [6, 6.07) is 7.57. The first kappa shape index (κ1) is 20.7. The standard InChI is InChI=1S/C17H28NO5P/c1-13-8-10-14(11-9-13)12-21-15(19)18-24(20,22-16(2,3)4)23-17(5,6)7/h8-11H,12H2,1-7H3,(H,18,19,20). The Kier molecular flexibility index (Phi) is 6.62. The Bertz CT molecular complexity index is 579. The summed E-state index contributed by atoms with van der Waals surface area (Å²) < 4.78 is 28.9. The van der Waals surface area contributed by atoms with Crippen molar-refractivity contribution in [2.45, 2.75) is 66.3 Å². The molecule has 0 saturated heterocycles. The van der Waals surface area contributed by atoms with E-state index in [0.717, 1.165) is 11.1 Å². The van der Waals surface area contributed by atoms with E-state index in [4.69, 9.17) is 13.8 Å². The van der Waals surface area contributed by atoms with E-state index in [2.05, 4.69) is 5.09 Å². The summed E-state index contributed by atoms with van der Waals surface area (Å²) in [5.41, 5.74) is 0.430. The number of rotatable bonds is 5. The van der Waals surface area contributed by atoms with E-state index in [-0.39, 0.29) is 6.61 Å². The zero-order valence-electron chi connectivity index (χ0n) is 15.5. The Morgan fingerprint density at radius 2 is 1.46 bits per heavy atom. The molecule has 0 aliphatic heterocycles. The lowest BCUT2D eigenvalue weighted by Gasteiger charge is -2.31. The average Bonchev–Trinajstić information content (AvgIpc) is 2.32. The molecule has 24 heavy (non-hydrogen) atoms. The molecule has 0 aliphatic carbocycles. The van der Waals surface area contributed by atoms with Gasteiger partial charge in [-0.15, -0.1) is 0 Å². The molecular formula is C17H28NO5P. The third kappa shape index (κ3) is 8.48. The Balaban J connectivity index is 2.72. The van der Waals surface area contributed by atoms with Crippen molar-refractivity contribution >= 4 is 13.8 Å². The van der Waals surface area contributed by atoms with Gasteiger partial charge < -0.3 is 4.74 Å². The molecular weight excluding hydrogens is 329 g/mol. The predicted octanol–water partition coefficient (Wildman–Crippen LogP) is 4.96. The van der Waals surface area contributed by atoms with Gasteiger partial charge in [0.1, 0.15) is 6.61 Å². The van der Waals surface area contributed by atoms with Gasteiger partial charge in [-0.05, 0) is 54.0 Å². The highest BCUT2D eigenvalue weighted by molar-refractivity contribution is 7.52. The second-order valence-electron chi connectivity index (χ2n) is 7.58. The molecule has 0 radical (unpaired) electrons. The van der Waals surface area contributed by atoms with Crippen molar-refractivity contribution in [3.8, 4) is 0 Å². The van der Waals surface area contributed by atoms with Gasteiger partial charge in [0.2, 0.25) is 0 Å². The van der Waals surface area contributed by atoms with Gasteiger partial charge in [0.15, 0.2) is 0 Å². The minimum Gasteiger partial charge on any atom is -0.444 e. The molecule has 0 heterocycles. The van der Waals surface area contributed by atoms with Crippen molar-refractivity contribution in [2.24, 2.45) is 0 Å². The molecule has 1 aromatic rings. The molecule has 136 valence electrons. The SMILES string of the molecule is Cc1ccc(COC(=O)NP(=O)(OC(C)(C)C)OC(C)(C)C)cc1. The molecule has 0 unspecified atom stereocenters. The number of ether oxygens (including phenoxy) is 1. The molecule has 7 heteroatoms. The lowest BCUT2D eigenvalue weighted by atomic mass is 10.2. The highest BCUT2D eigenvalue weighted by Crippen LogP contribution is 2.50. The predicted molar refractivity (Wildman–Crippen MR) is 93.8 cm³/mol. The second-order valence-corrected chi connectivity index (χ2v) is 9.16. The van der Waals surface area contributed by atoms with E-state index >= 15 is 0 Å². The van der Waals surface area contributed by atoms with E-state index in [1.54, 1.807) is 41.5 Å². The normalized spacial score (nSPS) is 12.8. The Morgan fingerprint density at radius 3 is 1.88 bits per heavy atom. The van der Waals surface area contributed by atoms with Gasteiger partial charge >= 0.3 is 13.8 Å². The van der Waals surface area contributed by atoms with Crippen molar-refractivity contribution in [1.29, 1.82) is 0 Å². The third-order valence-corrected chi connectivity index (χ3v) is 4.54. The molecule has 0 aliphatic rings. The van der Waals surface area contributed by atoms with Gasteiger partial charge in [-0.1, -0.05) is 29.8 Å². The highest BCUT2D eigenvalue weighted by atomic mass is 31.2. The summed E-state index contributed by atoms with van der Waals surface area (Å²) in [6.07, 6.45) is -0.854.